The summed E-state index contributed by atoms with van der Waals surface area (Å²) in [6.07, 6.45) is 0.319. The summed E-state index contributed by atoms with van der Waals surface area (Å²) < 4.78 is 1.79. The normalized spacial score (nSPS) is 13.3. The van der Waals surface area contributed by atoms with Crippen molar-refractivity contribution in [2.75, 3.05) is 11.4 Å². The van der Waals surface area contributed by atoms with E-state index in [1.807, 2.05) is 55.5 Å². The van der Waals surface area contributed by atoms with Crippen LogP contribution in [0, 0.1) is 6.92 Å². The highest BCUT2D eigenvalue weighted by Gasteiger charge is 2.28. The second-order valence-electron chi connectivity index (χ2n) is 7.07. The molecule has 29 heavy (non-hydrogen) atoms. The van der Waals surface area contributed by atoms with Crippen LogP contribution in [0.15, 0.2) is 54.6 Å². The third-order valence-corrected chi connectivity index (χ3v) is 5.33. The SMILES string of the molecule is Cc1ccc(-c2cc3n(n2)CCC(=O)N3CC(=O)NCc2ccccc2Cl)cc1. The van der Waals surface area contributed by atoms with Gasteiger partial charge in [-0.3, -0.25) is 14.5 Å². The zero-order valence-corrected chi connectivity index (χ0v) is 16.8. The number of aromatic nitrogens is 2. The highest BCUT2D eigenvalue weighted by molar-refractivity contribution is 6.31. The van der Waals surface area contributed by atoms with E-state index < -0.39 is 0 Å². The van der Waals surface area contributed by atoms with Gasteiger partial charge in [0.15, 0.2) is 0 Å². The Labute approximate surface area is 174 Å². The molecule has 0 unspecified atom stereocenters. The lowest BCUT2D eigenvalue weighted by molar-refractivity contribution is -0.124. The molecule has 0 spiro atoms. The van der Waals surface area contributed by atoms with Gasteiger partial charge in [0.25, 0.3) is 0 Å². The van der Waals surface area contributed by atoms with Gasteiger partial charge in [0.1, 0.15) is 12.4 Å². The molecule has 0 saturated heterocycles. The molecule has 4 rings (SSSR count). The molecule has 0 fully saturated rings. The largest absolute Gasteiger partial charge is 0.350 e. The standard InChI is InChI=1S/C22H21ClN4O2/c1-15-6-8-16(9-7-15)19-12-21-26(22(29)10-11-27(21)25-19)14-20(28)24-13-17-4-2-3-5-18(17)23/h2-9,12H,10-11,13-14H2,1H3,(H,24,28). The number of halogens is 1. The van der Waals surface area contributed by atoms with Gasteiger partial charge in [0, 0.05) is 29.6 Å². The van der Waals surface area contributed by atoms with Crippen LogP contribution in [0.1, 0.15) is 17.5 Å². The molecule has 0 aliphatic carbocycles. The summed E-state index contributed by atoms with van der Waals surface area (Å²) in [6, 6.07) is 17.3. The van der Waals surface area contributed by atoms with Crippen molar-refractivity contribution < 1.29 is 9.59 Å². The van der Waals surface area contributed by atoms with Gasteiger partial charge in [-0.25, -0.2) is 4.68 Å². The average molecular weight is 409 g/mol. The van der Waals surface area contributed by atoms with E-state index in [4.69, 9.17) is 11.6 Å². The van der Waals surface area contributed by atoms with Gasteiger partial charge in [0.05, 0.1) is 12.2 Å². The Balaban J connectivity index is 1.49. The van der Waals surface area contributed by atoms with Gasteiger partial charge < -0.3 is 5.32 Å². The number of rotatable bonds is 5. The fourth-order valence-electron chi connectivity index (χ4n) is 3.32. The Bertz CT molecular complexity index is 1060. The topological polar surface area (TPSA) is 67.2 Å². The molecule has 1 N–H and O–H groups in total. The smallest absolute Gasteiger partial charge is 0.240 e. The molecular weight excluding hydrogens is 388 g/mol. The minimum absolute atomic E-state index is 0.0533. The van der Waals surface area contributed by atoms with Crippen LogP contribution in [0.3, 0.4) is 0 Å². The first-order chi connectivity index (χ1) is 14.0. The number of hydrogen-bond donors (Lipinski definition) is 1. The van der Waals surface area contributed by atoms with E-state index >= 15 is 0 Å². The molecule has 148 valence electrons. The molecule has 2 amide bonds. The summed E-state index contributed by atoms with van der Waals surface area (Å²) in [7, 11) is 0. The Kier molecular flexibility index (Phi) is 5.36. The molecule has 0 bridgehead atoms. The van der Waals surface area contributed by atoms with Crippen LogP contribution in [-0.2, 0) is 22.7 Å². The molecule has 1 aliphatic rings. The predicted octanol–water partition coefficient (Wildman–Crippen LogP) is 3.57. The van der Waals surface area contributed by atoms with Gasteiger partial charge in [-0.2, -0.15) is 5.10 Å². The summed E-state index contributed by atoms with van der Waals surface area (Å²) in [4.78, 5) is 26.5. The summed E-state index contributed by atoms with van der Waals surface area (Å²) in [5, 5.41) is 8.06. The average Bonchev–Trinajstić information content (AvgIpc) is 3.15. The lowest BCUT2D eigenvalue weighted by atomic mass is 10.1. The summed E-state index contributed by atoms with van der Waals surface area (Å²) >= 11 is 6.13. The van der Waals surface area contributed by atoms with E-state index in [9.17, 15) is 9.59 Å². The van der Waals surface area contributed by atoms with Crippen molar-refractivity contribution >= 4 is 29.2 Å². The first-order valence-electron chi connectivity index (χ1n) is 9.46. The van der Waals surface area contributed by atoms with Crippen LogP contribution in [0.4, 0.5) is 5.82 Å². The van der Waals surface area contributed by atoms with Crippen molar-refractivity contribution in [2.24, 2.45) is 0 Å². The summed E-state index contributed by atoms with van der Waals surface area (Å²) in [5.41, 5.74) is 3.77. The van der Waals surface area contributed by atoms with Gasteiger partial charge >= 0.3 is 0 Å². The molecule has 2 aromatic carbocycles. The molecule has 1 aliphatic heterocycles. The van der Waals surface area contributed by atoms with Crippen molar-refractivity contribution in [3.8, 4) is 11.3 Å². The highest BCUT2D eigenvalue weighted by Crippen LogP contribution is 2.28. The Hall–Kier alpha value is -3.12. The number of nitrogens with one attached hydrogen (secondary N) is 1. The summed E-state index contributed by atoms with van der Waals surface area (Å²) in [5.74, 6) is 0.315. The minimum Gasteiger partial charge on any atom is -0.350 e. The Morgan fingerprint density at radius 3 is 2.69 bits per heavy atom. The molecule has 3 aromatic rings. The minimum atomic E-state index is -0.246. The molecule has 2 heterocycles. The third kappa shape index (κ3) is 4.17. The van der Waals surface area contributed by atoms with E-state index in [2.05, 4.69) is 10.4 Å². The maximum absolute atomic E-state index is 12.5. The van der Waals surface area contributed by atoms with Gasteiger partial charge in [-0.05, 0) is 18.6 Å². The van der Waals surface area contributed by atoms with E-state index in [1.54, 1.807) is 10.7 Å². The number of aryl methyl sites for hydroxylation is 2. The first-order valence-corrected chi connectivity index (χ1v) is 9.84. The van der Waals surface area contributed by atoms with Crippen LogP contribution < -0.4 is 10.2 Å². The summed E-state index contributed by atoms with van der Waals surface area (Å²) in [6.45, 7) is 2.80. The lowest BCUT2D eigenvalue weighted by Crippen LogP contribution is -2.44. The van der Waals surface area contributed by atoms with Crippen LogP contribution in [-0.4, -0.2) is 28.1 Å². The van der Waals surface area contributed by atoms with Crippen molar-refractivity contribution in [3.63, 3.8) is 0 Å². The molecule has 0 atom stereocenters. The number of fused-ring (bicyclic) bond motifs is 1. The Morgan fingerprint density at radius 2 is 1.93 bits per heavy atom. The van der Waals surface area contributed by atoms with Crippen LogP contribution in [0.25, 0.3) is 11.3 Å². The van der Waals surface area contributed by atoms with E-state index in [0.29, 0.717) is 30.4 Å². The van der Waals surface area contributed by atoms with Crippen molar-refractivity contribution in [3.05, 3.63) is 70.7 Å². The van der Waals surface area contributed by atoms with Crippen LogP contribution in [0.2, 0.25) is 5.02 Å². The van der Waals surface area contributed by atoms with Crippen molar-refractivity contribution in [2.45, 2.75) is 26.4 Å². The zero-order valence-electron chi connectivity index (χ0n) is 16.1. The second-order valence-corrected chi connectivity index (χ2v) is 7.48. The molecule has 7 heteroatoms. The Morgan fingerprint density at radius 1 is 1.17 bits per heavy atom. The number of anilines is 1. The first kappa shape index (κ1) is 19.2. The highest BCUT2D eigenvalue weighted by atomic mass is 35.5. The zero-order chi connectivity index (χ0) is 20.4. The number of nitrogens with zero attached hydrogens (tertiary/aromatic N) is 3. The molecule has 0 saturated carbocycles. The van der Waals surface area contributed by atoms with Crippen molar-refractivity contribution in [1.29, 1.82) is 0 Å². The maximum atomic E-state index is 12.5. The lowest BCUT2D eigenvalue weighted by Gasteiger charge is -2.26. The third-order valence-electron chi connectivity index (χ3n) is 4.96. The number of hydrogen-bond acceptors (Lipinski definition) is 3. The predicted molar refractivity (Wildman–Crippen MR) is 113 cm³/mol. The number of carbonyl (C=O) groups is 2. The van der Waals surface area contributed by atoms with Crippen molar-refractivity contribution in [1.82, 2.24) is 15.1 Å². The second kappa shape index (κ2) is 8.09. The molecule has 0 radical (unpaired) electrons. The van der Waals surface area contributed by atoms with Crippen LogP contribution in [0.5, 0.6) is 0 Å². The quantitative estimate of drug-likeness (QED) is 0.701. The number of amides is 2. The molecule has 6 nitrogen and oxygen atoms in total. The number of benzene rings is 2. The van der Waals surface area contributed by atoms with Gasteiger partial charge in [-0.15, -0.1) is 0 Å². The molecular formula is C22H21ClN4O2. The number of carbonyl (C=O) groups excluding carboxylic acids is 2. The van der Waals surface area contributed by atoms with E-state index in [-0.39, 0.29) is 18.4 Å². The monoisotopic (exact) mass is 408 g/mol. The van der Waals surface area contributed by atoms with Gasteiger partial charge in [-0.1, -0.05) is 59.6 Å². The fraction of sp³-hybridized carbons (Fsp3) is 0.227. The van der Waals surface area contributed by atoms with Gasteiger partial charge in [0.2, 0.25) is 11.8 Å². The van der Waals surface area contributed by atoms with E-state index in [1.165, 1.54) is 10.5 Å². The van der Waals surface area contributed by atoms with E-state index in [0.717, 1.165) is 16.8 Å². The maximum Gasteiger partial charge on any atom is 0.240 e. The molecule has 1 aromatic heterocycles. The fourth-order valence-corrected chi connectivity index (χ4v) is 3.53. The van der Waals surface area contributed by atoms with Crippen LogP contribution >= 0.6 is 11.6 Å².